The van der Waals surface area contributed by atoms with Crippen LogP contribution in [0.4, 0.5) is 13.2 Å². The molecule has 3 fully saturated rings. The fraction of sp³-hybridized carbons (Fsp3) is 0.778. The number of hydrogen-bond donors (Lipinski definition) is 1. The van der Waals surface area contributed by atoms with Gasteiger partial charge in [0.15, 0.2) is 0 Å². The second kappa shape index (κ2) is 7.62. The third kappa shape index (κ3) is 4.10. The van der Waals surface area contributed by atoms with Gasteiger partial charge in [-0.05, 0) is 45.1 Å². The lowest BCUT2D eigenvalue weighted by molar-refractivity contribution is -0.145. The lowest BCUT2D eigenvalue weighted by Crippen LogP contribution is -2.66. The van der Waals surface area contributed by atoms with Crippen molar-refractivity contribution >= 4 is 11.0 Å². The Morgan fingerprint density at radius 1 is 1.32 bits per heavy atom. The highest BCUT2D eigenvalue weighted by atomic mass is 32.2. The standard InChI is InChI=1S/C18H25F3N4O2S/c1-12-15(9-23-16(24-12)18(19,20)21)28(26)25-10-17(11-25)6-14(7-17)22-8-13-2-4-27-5-3-13/h9,13-14,22H,2-8,10-11H2,1H3. The predicted octanol–water partition coefficient (Wildman–Crippen LogP) is 2.31. The fourth-order valence-corrected chi connectivity index (χ4v) is 5.90. The van der Waals surface area contributed by atoms with E-state index in [4.69, 9.17) is 4.74 Å². The van der Waals surface area contributed by atoms with E-state index in [2.05, 4.69) is 15.3 Å². The summed E-state index contributed by atoms with van der Waals surface area (Å²) >= 11 is 0. The van der Waals surface area contributed by atoms with Gasteiger partial charge in [0.1, 0.15) is 11.0 Å². The van der Waals surface area contributed by atoms with E-state index >= 15 is 0 Å². The molecule has 3 heterocycles. The van der Waals surface area contributed by atoms with Gasteiger partial charge in [0.2, 0.25) is 5.82 Å². The summed E-state index contributed by atoms with van der Waals surface area (Å²) in [5.41, 5.74) is 0.315. The molecule has 4 rings (SSSR count). The Kier molecular flexibility index (Phi) is 5.49. The van der Waals surface area contributed by atoms with Gasteiger partial charge in [0.05, 0.1) is 10.6 Å². The summed E-state index contributed by atoms with van der Waals surface area (Å²) in [6.45, 7) is 5.59. The maximum Gasteiger partial charge on any atom is 0.451 e. The van der Waals surface area contributed by atoms with Gasteiger partial charge in [-0.1, -0.05) is 0 Å². The Labute approximate surface area is 164 Å². The molecule has 2 aliphatic heterocycles. The van der Waals surface area contributed by atoms with Crippen LogP contribution in [0.2, 0.25) is 0 Å². The van der Waals surface area contributed by atoms with Gasteiger partial charge in [-0.3, -0.25) is 0 Å². The van der Waals surface area contributed by atoms with Crippen molar-refractivity contribution in [3.63, 3.8) is 0 Å². The molecule has 1 atom stereocenters. The van der Waals surface area contributed by atoms with E-state index in [0.717, 1.165) is 51.6 Å². The Morgan fingerprint density at radius 3 is 2.61 bits per heavy atom. The zero-order valence-corrected chi connectivity index (χ0v) is 16.6. The highest BCUT2D eigenvalue weighted by Crippen LogP contribution is 2.49. The van der Waals surface area contributed by atoms with Crippen LogP contribution >= 0.6 is 0 Å². The second-order valence-electron chi connectivity index (χ2n) is 8.26. The average Bonchev–Trinajstić information content (AvgIpc) is 2.58. The first-order chi connectivity index (χ1) is 13.3. The number of aromatic nitrogens is 2. The molecule has 1 aromatic rings. The van der Waals surface area contributed by atoms with Gasteiger partial charge in [0, 0.05) is 44.0 Å². The van der Waals surface area contributed by atoms with Crippen molar-refractivity contribution in [1.29, 1.82) is 0 Å². The van der Waals surface area contributed by atoms with E-state index in [9.17, 15) is 17.4 Å². The maximum absolute atomic E-state index is 12.7. The molecule has 1 N–H and O–H groups in total. The van der Waals surface area contributed by atoms with E-state index in [1.54, 1.807) is 4.31 Å². The molecule has 10 heteroatoms. The summed E-state index contributed by atoms with van der Waals surface area (Å²) in [6.07, 6.45) is 0.812. The molecule has 28 heavy (non-hydrogen) atoms. The molecular weight excluding hydrogens is 393 g/mol. The Balaban J connectivity index is 1.25. The van der Waals surface area contributed by atoms with Gasteiger partial charge in [-0.25, -0.2) is 18.5 Å². The van der Waals surface area contributed by atoms with Gasteiger partial charge in [0.25, 0.3) is 0 Å². The lowest BCUT2D eigenvalue weighted by atomic mass is 9.61. The first-order valence-corrected chi connectivity index (χ1v) is 10.8. The molecule has 1 unspecified atom stereocenters. The van der Waals surface area contributed by atoms with Gasteiger partial charge < -0.3 is 10.1 Å². The van der Waals surface area contributed by atoms with E-state index in [-0.39, 0.29) is 16.0 Å². The minimum atomic E-state index is -4.59. The molecule has 1 saturated carbocycles. The number of alkyl halides is 3. The minimum absolute atomic E-state index is 0.117. The van der Waals surface area contributed by atoms with Crippen LogP contribution in [0.15, 0.2) is 11.1 Å². The predicted molar refractivity (Wildman–Crippen MR) is 96.8 cm³/mol. The summed E-state index contributed by atoms with van der Waals surface area (Å²) in [7, 11) is -1.51. The van der Waals surface area contributed by atoms with Crippen molar-refractivity contribution in [2.45, 2.75) is 49.7 Å². The minimum Gasteiger partial charge on any atom is -0.381 e. The molecule has 0 aromatic carbocycles. The van der Waals surface area contributed by atoms with Gasteiger partial charge in [-0.2, -0.15) is 13.2 Å². The zero-order valence-electron chi connectivity index (χ0n) is 15.8. The first-order valence-electron chi connectivity index (χ1n) is 9.65. The monoisotopic (exact) mass is 418 g/mol. The number of rotatable bonds is 5. The van der Waals surface area contributed by atoms with Crippen molar-refractivity contribution in [2.75, 3.05) is 32.8 Å². The molecule has 0 bridgehead atoms. The maximum atomic E-state index is 12.7. The number of nitrogens with one attached hydrogen (secondary N) is 1. The summed E-state index contributed by atoms with van der Waals surface area (Å²) < 4.78 is 57.9. The first kappa shape index (κ1) is 20.2. The highest BCUT2D eigenvalue weighted by Gasteiger charge is 2.54. The van der Waals surface area contributed by atoms with Crippen molar-refractivity contribution < 1.29 is 22.1 Å². The Bertz CT molecular complexity index is 741. The molecule has 3 aliphatic rings. The van der Waals surface area contributed by atoms with Crippen LogP contribution in [0.25, 0.3) is 0 Å². The number of nitrogens with zero attached hydrogens (tertiary/aromatic N) is 3. The molecule has 156 valence electrons. The summed E-state index contributed by atoms with van der Waals surface area (Å²) in [4.78, 5) is 7.09. The van der Waals surface area contributed by atoms with E-state index in [1.165, 1.54) is 6.92 Å². The van der Waals surface area contributed by atoms with E-state index in [1.807, 2.05) is 0 Å². The van der Waals surface area contributed by atoms with Crippen LogP contribution in [0.3, 0.4) is 0 Å². The molecule has 0 radical (unpaired) electrons. The quantitative estimate of drug-likeness (QED) is 0.795. The van der Waals surface area contributed by atoms with Crippen molar-refractivity contribution in [2.24, 2.45) is 11.3 Å². The van der Waals surface area contributed by atoms with Crippen LogP contribution in [0.5, 0.6) is 0 Å². The van der Waals surface area contributed by atoms with Crippen LogP contribution in [-0.2, 0) is 21.9 Å². The molecule has 0 amide bonds. The molecule has 1 aliphatic carbocycles. The van der Waals surface area contributed by atoms with Crippen molar-refractivity contribution in [3.05, 3.63) is 17.7 Å². The van der Waals surface area contributed by atoms with E-state index in [0.29, 0.717) is 25.0 Å². The summed E-state index contributed by atoms with van der Waals surface area (Å²) in [5.74, 6) is -0.499. The third-order valence-electron chi connectivity index (χ3n) is 6.03. The number of halogens is 3. The average molecular weight is 418 g/mol. The number of ether oxygens (including phenoxy) is 1. The summed E-state index contributed by atoms with van der Waals surface area (Å²) in [6, 6.07) is 0.509. The van der Waals surface area contributed by atoms with Crippen LogP contribution in [-0.4, -0.2) is 57.4 Å². The SMILES string of the molecule is Cc1nc(C(F)(F)F)ncc1S(=O)N1CC2(CC(NCC3CCOCC3)C2)C1. The van der Waals surface area contributed by atoms with Crippen LogP contribution in [0, 0.1) is 18.3 Å². The molecule has 6 nitrogen and oxygen atoms in total. The Hall–Kier alpha value is -1.10. The van der Waals surface area contributed by atoms with Crippen LogP contribution < -0.4 is 5.32 Å². The van der Waals surface area contributed by atoms with Crippen molar-refractivity contribution in [3.8, 4) is 0 Å². The van der Waals surface area contributed by atoms with Crippen LogP contribution in [0.1, 0.15) is 37.2 Å². The third-order valence-corrected chi connectivity index (χ3v) is 7.53. The van der Waals surface area contributed by atoms with Crippen molar-refractivity contribution in [1.82, 2.24) is 19.6 Å². The normalized spacial score (nSPS) is 24.7. The topological polar surface area (TPSA) is 67.4 Å². The second-order valence-corrected chi connectivity index (χ2v) is 9.71. The lowest BCUT2D eigenvalue weighted by Gasteiger charge is -2.58. The zero-order chi connectivity index (χ0) is 19.9. The molecule has 1 aromatic heterocycles. The Morgan fingerprint density at radius 2 is 2.00 bits per heavy atom. The molecular formula is C18H25F3N4O2S. The largest absolute Gasteiger partial charge is 0.451 e. The molecule has 1 spiro atoms. The number of hydrogen-bond acceptors (Lipinski definition) is 5. The highest BCUT2D eigenvalue weighted by molar-refractivity contribution is 7.82. The van der Waals surface area contributed by atoms with Gasteiger partial charge in [-0.15, -0.1) is 0 Å². The van der Waals surface area contributed by atoms with E-state index < -0.39 is 23.0 Å². The smallest absolute Gasteiger partial charge is 0.381 e. The summed E-state index contributed by atoms with van der Waals surface area (Å²) in [5, 5.41) is 3.64. The molecule has 2 saturated heterocycles. The fourth-order valence-electron chi connectivity index (χ4n) is 4.39. The number of aryl methyl sites for hydroxylation is 1. The van der Waals surface area contributed by atoms with Gasteiger partial charge >= 0.3 is 6.18 Å².